The first-order valence-electron chi connectivity index (χ1n) is 5.77. The third kappa shape index (κ3) is 2.49. The van der Waals surface area contributed by atoms with Crippen LogP contribution in [0.4, 0.5) is 10.1 Å². The quantitative estimate of drug-likeness (QED) is 0.847. The van der Waals surface area contributed by atoms with Crippen LogP contribution in [0.15, 0.2) is 42.5 Å². The average molecular weight is 289 g/mol. The number of para-hydroxylation sites is 1. The fourth-order valence-electron chi connectivity index (χ4n) is 1.82. The van der Waals surface area contributed by atoms with Gasteiger partial charge in [-0.1, -0.05) is 29.8 Å². The number of carbonyl (C=O) groups excluding carboxylic acids is 1. The molecule has 3 nitrogen and oxygen atoms in total. The summed E-state index contributed by atoms with van der Waals surface area (Å²) < 4.78 is 13.4. The van der Waals surface area contributed by atoms with Gasteiger partial charge in [0.1, 0.15) is 11.9 Å². The molecule has 2 aromatic carbocycles. The van der Waals surface area contributed by atoms with Crippen molar-refractivity contribution in [1.29, 1.82) is 5.26 Å². The van der Waals surface area contributed by atoms with Gasteiger partial charge in [-0.15, -0.1) is 0 Å². The molecule has 0 spiro atoms. The molecule has 0 aromatic heterocycles. The minimum atomic E-state index is -0.653. The van der Waals surface area contributed by atoms with Gasteiger partial charge in [0.2, 0.25) is 0 Å². The number of hydrogen-bond acceptors (Lipinski definition) is 2. The summed E-state index contributed by atoms with van der Waals surface area (Å²) in [4.78, 5) is 13.6. The van der Waals surface area contributed by atoms with Crippen LogP contribution in [-0.2, 0) is 0 Å². The molecule has 0 aliphatic rings. The zero-order chi connectivity index (χ0) is 14.7. The molecule has 0 radical (unpaired) electrons. The van der Waals surface area contributed by atoms with Crippen molar-refractivity contribution in [2.45, 2.75) is 0 Å². The first kappa shape index (κ1) is 14.0. The van der Waals surface area contributed by atoms with Crippen LogP contribution in [0.3, 0.4) is 0 Å². The van der Waals surface area contributed by atoms with E-state index < -0.39 is 11.7 Å². The topological polar surface area (TPSA) is 44.1 Å². The summed E-state index contributed by atoms with van der Waals surface area (Å²) in [7, 11) is 1.51. The Balaban J connectivity index is 2.44. The largest absolute Gasteiger partial charge is 0.310 e. The summed E-state index contributed by atoms with van der Waals surface area (Å²) >= 11 is 5.81. The van der Waals surface area contributed by atoms with Crippen LogP contribution < -0.4 is 4.90 Å². The molecular formula is C15H10ClFN2O. The smallest absolute Gasteiger partial charge is 0.259 e. The molecule has 0 atom stereocenters. The number of amides is 1. The van der Waals surface area contributed by atoms with Gasteiger partial charge in [-0.3, -0.25) is 4.79 Å². The van der Waals surface area contributed by atoms with E-state index in [1.54, 1.807) is 24.3 Å². The van der Waals surface area contributed by atoms with Gasteiger partial charge in [0.05, 0.1) is 21.8 Å². The number of benzene rings is 2. The minimum absolute atomic E-state index is 0.0573. The maximum Gasteiger partial charge on any atom is 0.259 e. The highest BCUT2D eigenvalue weighted by atomic mass is 35.5. The molecule has 0 saturated heterocycles. The molecule has 0 unspecified atom stereocenters. The number of nitriles is 1. The van der Waals surface area contributed by atoms with Crippen LogP contribution in [0.25, 0.3) is 0 Å². The van der Waals surface area contributed by atoms with E-state index in [4.69, 9.17) is 16.9 Å². The van der Waals surface area contributed by atoms with Crippen molar-refractivity contribution in [2.75, 3.05) is 11.9 Å². The van der Waals surface area contributed by atoms with Crippen molar-refractivity contribution in [3.8, 4) is 6.07 Å². The monoisotopic (exact) mass is 288 g/mol. The van der Waals surface area contributed by atoms with Crippen molar-refractivity contribution in [3.05, 3.63) is 64.4 Å². The van der Waals surface area contributed by atoms with Crippen molar-refractivity contribution >= 4 is 23.2 Å². The van der Waals surface area contributed by atoms with Crippen molar-refractivity contribution in [2.24, 2.45) is 0 Å². The van der Waals surface area contributed by atoms with Gasteiger partial charge in [0, 0.05) is 7.05 Å². The standard InChI is InChI=1S/C15H10ClFN2O/c1-19(13-8-3-2-5-10(13)9-18)15(20)11-6-4-7-12(17)14(11)16/h2-8H,1H3. The first-order valence-corrected chi connectivity index (χ1v) is 6.15. The molecule has 0 aliphatic heterocycles. The predicted molar refractivity (Wildman–Crippen MR) is 75.3 cm³/mol. The fraction of sp³-hybridized carbons (Fsp3) is 0.0667. The number of nitrogens with zero attached hydrogens (tertiary/aromatic N) is 2. The van der Waals surface area contributed by atoms with Gasteiger partial charge < -0.3 is 4.90 Å². The minimum Gasteiger partial charge on any atom is -0.310 e. The molecule has 2 rings (SSSR count). The van der Waals surface area contributed by atoms with E-state index in [-0.39, 0.29) is 10.6 Å². The third-order valence-electron chi connectivity index (χ3n) is 2.87. The maximum atomic E-state index is 13.4. The van der Waals surface area contributed by atoms with E-state index in [2.05, 4.69) is 0 Å². The van der Waals surface area contributed by atoms with Crippen LogP contribution in [0.5, 0.6) is 0 Å². The molecule has 100 valence electrons. The van der Waals surface area contributed by atoms with Crippen LogP contribution in [0.2, 0.25) is 5.02 Å². The molecule has 0 saturated carbocycles. The van der Waals surface area contributed by atoms with Gasteiger partial charge in [-0.05, 0) is 24.3 Å². The average Bonchev–Trinajstić information content (AvgIpc) is 2.48. The van der Waals surface area contributed by atoms with Gasteiger partial charge in [0.25, 0.3) is 5.91 Å². The van der Waals surface area contributed by atoms with E-state index in [9.17, 15) is 9.18 Å². The second-order valence-electron chi connectivity index (χ2n) is 4.09. The molecule has 20 heavy (non-hydrogen) atoms. The number of rotatable bonds is 2. The molecule has 0 fully saturated rings. The molecule has 5 heteroatoms. The van der Waals surface area contributed by atoms with Crippen LogP contribution >= 0.6 is 11.6 Å². The van der Waals surface area contributed by atoms with Crippen molar-refractivity contribution in [3.63, 3.8) is 0 Å². The normalized spacial score (nSPS) is 9.90. The fourth-order valence-corrected chi connectivity index (χ4v) is 2.03. The van der Waals surface area contributed by atoms with E-state index >= 15 is 0 Å². The summed E-state index contributed by atoms with van der Waals surface area (Å²) in [5.74, 6) is -1.13. The zero-order valence-electron chi connectivity index (χ0n) is 10.6. The lowest BCUT2D eigenvalue weighted by atomic mass is 10.1. The van der Waals surface area contributed by atoms with E-state index in [1.165, 1.54) is 30.1 Å². The van der Waals surface area contributed by atoms with E-state index in [0.29, 0.717) is 11.3 Å². The Hall–Kier alpha value is -2.38. The highest BCUT2D eigenvalue weighted by molar-refractivity contribution is 6.34. The molecular weight excluding hydrogens is 279 g/mol. The molecule has 0 N–H and O–H groups in total. The summed E-state index contributed by atoms with van der Waals surface area (Å²) in [6.45, 7) is 0. The molecule has 0 bridgehead atoms. The number of halogens is 2. The SMILES string of the molecule is CN(C(=O)c1cccc(F)c1Cl)c1ccccc1C#N. The van der Waals surface area contributed by atoms with Crippen molar-refractivity contribution in [1.82, 2.24) is 0 Å². The third-order valence-corrected chi connectivity index (χ3v) is 3.26. The maximum absolute atomic E-state index is 13.4. The lowest BCUT2D eigenvalue weighted by Gasteiger charge is -2.19. The Kier molecular flexibility index (Phi) is 4.02. The lowest BCUT2D eigenvalue weighted by molar-refractivity contribution is 0.0992. The number of hydrogen-bond donors (Lipinski definition) is 0. The molecule has 0 heterocycles. The van der Waals surface area contributed by atoms with Gasteiger partial charge in [0.15, 0.2) is 0 Å². The second-order valence-corrected chi connectivity index (χ2v) is 4.47. The highest BCUT2D eigenvalue weighted by Gasteiger charge is 2.20. The van der Waals surface area contributed by atoms with Crippen LogP contribution in [-0.4, -0.2) is 13.0 Å². The van der Waals surface area contributed by atoms with Crippen LogP contribution in [0.1, 0.15) is 15.9 Å². The first-order chi connectivity index (χ1) is 9.56. The predicted octanol–water partition coefficient (Wildman–Crippen LogP) is 3.63. The molecule has 2 aromatic rings. The summed E-state index contributed by atoms with van der Waals surface area (Å²) in [5.41, 5.74) is 0.859. The van der Waals surface area contributed by atoms with Gasteiger partial charge in [-0.2, -0.15) is 5.26 Å². The second kappa shape index (κ2) is 5.72. The van der Waals surface area contributed by atoms with E-state index in [0.717, 1.165) is 0 Å². The Morgan fingerprint density at radius 1 is 1.25 bits per heavy atom. The van der Waals surface area contributed by atoms with Crippen molar-refractivity contribution < 1.29 is 9.18 Å². The number of anilines is 1. The molecule has 1 amide bonds. The van der Waals surface area contributed by atoms with E-state index in [1.807, 2.05) is 6.07 Å². The summed E-state index contributed by atoms with van der Waals surface area (Å²) in [6, 6.07) is 12.7. The zero-order valence-corrected chi connectivity index (χ0v) is 11.4. The Morgan fingerprint density at radius 2 is 1.95 bits per heavy atom. The van der Waals surface area contributed by atoms with Gasteiger partial charge in [-0.25, -0.2) is 4.39 Å². The van der Waals surface area contributed by atoms with Gasteiger partial charge >= 0.3 is 0 Å². The highest BCUT2D eigenvalue weighted by Crippen LogP contribution is 2.25. The van der Waals surface area contributed by atoms with Crippen LogP contribution in [0, 0.1) is 17.1 Å². The Morgan fingerprint density at radius 3 is 2.65 bits per heavy atom. The summed E-state index contributed by atoms with van der Waals surface area (Å²) in [5, 5.41) is 8.82. The Bertz CT molecular complexity index is 709. The lowest BCUT2D eigenvalue weighted by Crippen LogP contribution is -2.27. The Labute approximate surface area is 120 Å². The number of carbonyl (C=O) groups is 1. The molecule has 0 aliphatic carbocycles. The summed E-state index contributed by atoms with van der Waals surface area (Å²) in [6.07, 6.45) is 0.